The third-order valence-corrected chi connectivity index (χ3v) is 5.18. The Kier molecular flexibility index (Phi) is 4.18. The van der Waals surface area contributed by atoms with Gasteiger partial charge >= 0.3 is 0 Å². The quantitative estimate of drug-likeness (QED) is 0.848. The van der Waals surface area contributed by atoms with E-state index in [0.29, 0.717) is 5.91 Å². The smallest absolute Gasteiger partial charge is 0.225 e. The molecule has 3 rings (SSSR count). The third-order valence-electron chi connectivity index (χ3n) is 4.31. The molecule has 0 atom stereocenters. The van der Waals surface area contributed by atoms with Crippen LogP contribution in [0.5, 0.6) is 0 Å². The van der Waals surface area contributed by atoms with Crippen LogP contribution in [0, 0.1) is 5.92 Å². The highest BCUT2D eigenvalue weighted by Crippen LogP contribution is 2.23. The van der Waals surface area contributed by atoms with Gasteiger partial charge in [0.25, 0.3) is 0 Å². The predicted octanol–water partition coefficient (Wildman–Crippen LogP) is 2.58. The van der Waals surface area contributed by atoms with E-state index in [1.807, 2.05) is 11.3 Å². The van der Waals surface area contributed by atoms with Gasteiger partial charge in [-0.2, -0.15) is 0 Å². The summed E-state index contributed by atoms with van der Waals surface area (Å²) < 4.78 is 0. The molecule has 0 bridgehead atoms. The molecule has 4 heteroatoms. The van der Waals surface area contributed by atoms with E-state index in [-0.39, 0.29) is 5.92 Å². The number of likely N-dealkylation sites (tertiary alicyclic amines) is 2. The average Bonchev–Trinajstić information content (AvgIpc) is 3.12. The van der Waals surface area contributed by atoms with Crippen LogP contribution in [-0.4, -0.2) is 41.9 Å². The SMILES string of the molecule is O=C(C1CCN(Cc2cccs2)CC1)N1CCCC1. The third kappa shape index (κ3) is 3.18. The molecule has 3 nitrogen and oxygen atoms in total. The van der Waals surface area contributed by atoms with E-state index < -0.39 is 0 Å². The maximum absolute atomic E-state index is 12.3. The summed E-state index contributed by atoms with van der Waals surface area (Å²) in [6, 6.07) is 4.32. The van der Waals surface area contributed by atoms with Crippen LogP contribution < -0.4 is 0 Å². The highest BCUT2D eigenvalue weighted by atomic mass is 32.1. The maximum atomic E-state index is 12.3. The van der Waals surface area contributed by atoms with E-state index in [2.05, 4.69) is 27.3 Å². The molecule has 0 aliphatic carbocycles. The molecule has 2 fully saturated rings. The Morgan fingerprint density at radius 1 is 1.21 bits per heavy atom. The van der Waals surface area contributed by atoms with Gasteiger partial charge in [-0.3, -0.25) is 9.69 Å². The molecule has 1 aromatic heterocycles. The molecule has 19 heavy (non-hydrogen) atoms. The molecular weight excluding hydrogens is 256 g/mol. The van der Waals surface area contributed by atoms with Crippen molar-refractivity contribution in [3.8, 4) is 0 Å². The molecule has 0 saturated carbocycles. The van der Waals surface area contributed by atoms with E-state index in [4.69, 9.17) is 0 Å². The van der Waals surface area contributed by atoms with Crippen molar-refractivity contribution in [1.82, 2.24) is 9.80 Å². The highest BCUT2D eigenvalue weighted by molar-refractivity contribution is 7.09. The Morgan fingerprint density at radius 2 is 1.95 bits per heavy atom. The van der Waals surface area contributed by atoms with Gasteiger partial charge < -0.3 is 4.90 Å². The summed E-state index contributed by atoms with van der Waals surface area (Å²) in [4.78, 5) is 18.3. The molecule has 104 valence electrons. The van der Waals surface area contributed by atoms with Crippen LogP contribution in [0.15, 0.2) is 17.5 Å². The number of hydrogen-bond donors (Lipinski definition) is 0. The van der Waals surface area contributed by atoms with Gasteiger partial charge in [0.05, 0.1) is 0 Å². The van der Waals surface area contributed by atoms with Crippen molar-refractivity contribution in [1.29, 1.82) is 0 Å². The van der Waals surface area contributed by atoms with Gasteiger partial charge in [0.15, 0.2) is 0 Å². The molecule has 0 N–H and O–H groups in total. The number of nitrogens with zero attached hydrogens (tertiary/aromatic N) is 2. The summed E-state index contributed by atoms with van der Waals surface area (Å²) in [6.07, 6.45) is 4.48. The Morgan fingerprint density at radius 3 is 2.58 bits per heavy atom. The molecule has 0 unspecified atom stereocenters. The fraction of sp³-hybridized carbons (Fsp3) is 0.667. The molecule has 3 heterocycles. The van der Waals surface area contributed by atoms with Crippen LogP contribution in [0.25, 0.3) is 0 Å². The first-order valence-corrected chi connectivity index (χ1v) is 8.24. The van der Waals surface area contributed by atoms with E-state index in [1.54, 1.807) is 0 Å². The number of amides is 1. The first-order valence-electron chi connectivity index (χ1n) is 7.36. The van der Waals surface area contributed by atoms with Crippen molar-refractivity contribution < 1.29 is 4.79 Å². The Hall–Kier alpha value is -0.870. The average molecular weight is 278 g/mol. The second kappa shape index (κ2) is 6.06. The summed E-state index contributed by atoms with van der Waals surface area (Å²) in [7, 11) is 0. The summed E-state index contributed by atoms with van der Waals surface area (Å²) in [5.41, 5.74) is 0. The lowest BCUT2D eigenvalue weighted by molar-refractivity contribution is -0.136. The molecule has 2 aliphatic rings. The Balaban J connectivity index is 1.47. The second-order valence-corrected chi connectivity index (χ2v) is 6.69. The van der Waals surface area contributed by atoms with Crippen molar-refractivity contribution in [2.45, 2.75) is 32.2 Å². The van der Waals surface area contributed by atoms with Gasteiger partial charge in [-0.05, 0) is 50.2 Å². The van der Waals surface area contributed by atoms with Crippen molar-refractivity contribution in [2.75, 3.05) is 26.2 Å². The maximum Gasteiger partial charge on any atom is 0.225 e. The zero-order valence-electron chi connectivity index (χ0n) is 11.4. The van der Waals surface area contributed by atoms with Gasteiger partial charge in [0, 0.05) is 30.4 Å². The van der Waals surface area contributed by atoms with Crippen molar-refractivity contribution in [3.63, 3.8) is 0 Å². The molecule has 0 spiro atoms. The second-order valence-electron chi connectivity index (χ2n) is 5.66. The first kappa shape index (κ1) is 13.1. The minimum absolute atomic E-state index is 0.290. The van der Waals surface area contributed by atoms with Crippen molar-refractivity contribution >= 4 is 17.2 Å². The predicted molar refractivity (Wildman–Crippen MR) is 78.1 cm³/mol. The van der Waals surface area contributed by atoms with Crippen LogP contribution >= 0.6 is 11.3 Å². The molecule has 1 amide bonds. The van der Waals surface area contributed by atoms with Crippen LogP contribution in [-0.2, 0) is 11.3 Å². The Bertz CT molecular complexity index is 404. The van der Waals surface area contributed by atoms with Gasteiger partial charge in [0.2, 0.25) is 5.91 Å². The monoisotopic (exact) mass is 278 g/mol. The lowest BCUT2D eigenvalue weighted by atomic mass is 9.95. The number of carbonyl (C=O) groups excluding carboxylic acids is 1. The lowest BCUT2D eigenvalue weighted by Crippen LogP contribution is -2.41. The normalized spacial score (nSPS) is 22.0. The van der Waals surface area contributed by atoms with Crippen LogP contribution in [0.2, 0.25) is 0 Å². The minimum atomic E-state index is 0.290. The van der Waals surface area contributed by atoms with Crippen LogP contribution in [0.3, 0.4) is 0 Å². The van der Waals surface area contributed by atoms with Gasteiger partial charge in [-0.1, -0.05) is 6.07 Å². The van der Waals surface area contributed by atoms with Crippen LogP contribution in [0.4, 0.5) is 0 Å². The summed E-state index contributed by atoms with van der Waals surface area (Å²) in [5, 5.41) is 2.14. The first-order chi connectivity index (χ1) is 9.33. The number of thiophene rings is 1. The van der Waals surface area contributed by atoms with E-state index >= 15 is 0 Å². The molecule has 1 aromatic rings. The van der Waals surface area contributed by atoms with E-state index in [0.717, 1.165) is 45.6 Å². The lowest BCUT2D eigenvalue weighted by Gasteiger charge is -2.32. The molecule has 0 radical (unpaired) electrons. The fourth-order valence-corrected chi connectivity index (χ4v) is 3.90. The number of rotatable bonds is 3. The topological polar surface area (TPSA) is 23.6 Å². The number of carbonyl (C=O) groups is 1. The highest BCUT2D eigenvalue weighted by Gasteiger charge is 2.29. The van der Waals surface area contributed by atoms with Gasteiger partial charge in [-0.15, -0.1) is 11.3 Å². The van der Waals surface area contributed by atoms with Crippen molar-refractivity contribution in [3.05, 3.63) is 22.4 Å². The van der Waals surface area contributed by atoms with Crippen molar-refractivity contribution in [2.24, 2.45) is 5.92 Å². The largest absolute Gasteiger partial charge is 0.342 e. The van der Waals surface area contributed by atoms with Gasteiger partial charge in [-0.25, -0.2) is 0 Å². The fourth-order valence-electron chi connectivity index (χ4n) is 3.16. The summed E-state index contributed by atoms with van der Waals surface area (Å²) in [5.74, 6) is 0.714. The summed E-state index contributed by atoms with van der Waals surface area (Å²) in [6.45, 7) is 5.19. The molecule has 2 aliphatic heterocycles. The number of piperidine rings is 1. The summed E-state index contributed by atoms with van der Waals surface area (Å²) >= 11 is 1.83. The molecule has 0 aromatic carbocycles. The molecule has 2 saturated heterocycles. The number of hydrogen-bond acceptors (Lipinski definition) is 3. The van der Waals surface area contributed by atoms with E-state index in [9.17, 15) is 4.79 Å². The Labute approximate surface area is 119 Å². The minimum Gasteiger partial charge on any atom is -0.342 e. The zero-order valence-corrected chi connectivity index (χ0v) is 12.2. The van der Waals surface area contributed by atoms with Crippen LogP contribution in [0.1, 0.15) is 30.6 Å². The standard InChI is InChI=1S/C15H22N2OS/c18-15(17-7-1-2-8-17)13-5-9-16(10-6-13)12-14-4-3-11-19-14/h3-4,11,13H,1-2,5-10,12H2. The zero-order chi connectivity index (χ0) is 13.1. The van der Waals surface area contributed by atoms with Gasteiger partial charge in [0.1, 0.15) is 0 Å². The van der Waals surface area contributed by atoms with E-state index in [1.165, 1.54) is 17.7 Å². The molecular formula is C15H22N2OS.